The normalized spacial score (nSPS) is 10.7. The summed E-state index contributed by atoms with van der Waals surface area (Å²) in [7, 11) is 2.79. The average molecular weight is 441 g/mol. The minimum absolute atomic E-state index is 0.00575. The molecule has 3 rings (SSSR count). The molecule has 0 aliphatic carbocycles. The maximum absolute atomic E-state index is 12.4. The maximum atomic E-state index is 12.4. The largest absolute Gasteiger partial charge is 0.456 e. The van der Waals surface area contributed by atoms with Gasteiger partial charge in [-0.05, 0) is 31.2 Å². The predicted octanol–water partition coefficient (Wildman–Crippen LogP) is 2.81. The first kappa shape index (κ1) is 22.0. The molecule has 1 aromatic heterocycles. The van der Waals surface area contributed by atoms with E-state index in [2.05, 4.69) is 0 Å². The zero-order valence-electron chi connectivity index (χ0n) is 17.0. The Morgan fingerprint density at radius 1 is 1.06 bits per heavy atom. The van der Waals surface area contributed by atoms with Crippen LogP contribution in [0.2, 0.25) is 0 Å². The molecule has 0 saturated heterocycles. The van der Waals surface area contributed by atoms with Crippen molar-refractivity contribution in [2.45, 2.75) is 23.3 Å². The summed E-state index contributed by atoms with van der Waals surface area (Å²) in [5.41, 5.74) is -0.0167. The lowest BCUT2D eigenvalue weighted by Crippen LogP contribution is -2.38. The summed E-state index contributed by atoms with van der Waals surface area (Å²) in [5, 5.41) is 11.5. The summed E-state index contributed by atoms with van der Waals surface area (Å²) in [5.74, 6) is -0.803. The minimum Gasteiger partial charge on any atom is -0.456 e. The molecule has 0 spiro atoms. The monoisotopic (exact) mass is 441 g/mol. The van der Waals surface area contributed by atoms with Gasteiger partial charge in [0.15, 0.2) is 0 Å². The zero-order valence-corrected chi connectivity index (χ0v) is 17.8. The van der Waals surface area contributed by atoms with Crippen molar-refractivity contribution in [1.29, 1.82) is 0 Å². The van der Waals surface area contributed by atoms with E-state index >= 15 is 0 Å². The first-order valence-electron chi connectivity index (χ1n) is 9.13. The van der Waals surface area contributed by atoms with E-state index in [-0.39, 0.29) is 23.6 Å². The van der Waals surface area contributed by atoms with Gasteiger partial charge in [0.2, 0.25) is 0 Å². The van der Waals surface area contributed by atoms with E-state index < -0.39 is 22.1 Å². The van der Waals surface area contributed by atoms with Crippen LogP contribution in [-0.4, -0.2) is 20.0 Å². The highest BCUT2D eigenvalue weighted by atomic mass is 32.2. The summed E-state index contributed by atoms with van der Waals surface area (Å²) in [6, 6.07) is 12.8. The van der Waals surface area contributed by atoms with Crippen molar-refractivity contribution >= 4 is 23.4 Å². The van der Waals surface area contributed by atoms with E-state index in [1.165, 1.54) is 48.6 Å². The number of nitro groups is 1. The number of aryl methyl sites for hydroxylation is 1. The van der Waals surface area contributed by atoms with Crippen molar-refractivity contribution in [2.24, 2.45) is 14.1 Å². The molecule has 31 heavy (non-hydrogen) atoms. The van der Waals surface area contributed by atoms with Crippen molar-refractivity contribution in [3.05, 3.63) is 96.3 Å². The third kappa shape index (κ3) is 4.92. The summed E-state index contributed by atoms with van der Waals surface area (Å²) in [4.78, 5) is 48.4. The van der Waals surface area contributed by atoms with Crippen LogP contribution in [0.3, 0.4) is 0 Å². The van der Waals surface area contributed by atoms with Crippen molar-refractivity contribution in [3.8, 4) is 0 Å². The second kappa shape index (κ2) is 9.00. The molecule has 0 saturated carbocycles. The number of rotatable bonds is 6. The first-order valence-corrected chi connectivity index (χ1v) is 9.95. The first-order chi connectivity index (χ1) is 14.7. The highest BCUT2D eigenvalue weighted by molar-refractivity contribution is 7.99. The van der Waals surface area contributed by atoms with Gasteiger partial charge in [-0.25, -0.2) is 9.59 Å². The molecule has 3 aromatic rings. The fourth-order valence-electron chi connectivity index (χ4n) is 2.75. The van der Waals surface area contributed by atoms with E-state index in [1.54, 1.807) is 0 Å². The van der Waals surface area contributed by atoms with Crippen LogP contribution in [-0.2, 0) is 25.4 Å². The van der Waals surface area contributed by atoms with Crippen LogP contribution in [0.5, 0.6) is 0 Å². The number of carbonyl (C=O) groups is 1. The molecule has 0 aliphatic heterocycles. The van der Waals surface area contributed by atoms with E-state index in [0.29, 0.717) is 4.90 Å². The number of hydrogen-bond donors (Lipinski definition) is 0. The molecule has 1 heterocycles. The Labute approximate surface area is 181 Å². The van der Waals surface area contributed by atoms with Gasteiger partial charge in [-0.2, -0.15) is 0 Å². The quantitative estimate of drug-likeness (QED) is 0.328. The number of esters is 1. The SMILES string of the molecule is Cc1ccc(Sc2ccc(C(=O)OCc3cc(=O)n(C)c(=O)n3C)cc2[N+](=O)[O-])cc1. The Kier molecular flexibility index (Phi) is 6.40. The van der Waals surface area contributed by atoms with Gasteiger partial charge in [0.1, 0.15) is 6.61 Å². The Morgan fingerprint density at radius 3 is 2.39 bits per heavy atom. The standard InChI is InChI=1S/C21H19N3O6S/c1-13-4-7-16(8-5-13)31-18-9-6-14(10-17(18)24(28)29)20(26)30-12-15-11-19(25)23(3)21(27)22(15)2/h4-11H,12H2,1-3H3. The molecule has 0 N–H and O–H groups in total. The van der Waals surface area contributed by atoms with Crippen LogP contribution >= 0.6 is 11.8 Å². The highest BCUT2D eigenvalue weighted by Crippen LogP contribution is 2.35. The minimum atomic E-state index is -0.803. The van der Waals surface area contributed by atoms with Crippen molar-refractivity contribution < 1.29 is 14.5 Å². The molecule has 0 unspecified atom stereocenters. The van der Waals surface area contributed by atoms with Crippen molar-refractivity contribution in [3.63, 3.8) is 0 Å². The van der Waals surface area contributed by atoms with Gasteiger partial charge >= 0.3 is 11.7 Å². The topological polar surface area (TPSA) is 113 Å². The van der Waals surface area contributed by atoms with E-state index in [4.69, 9.17) is 4.74 Å². The number of aromatic nitrogens is 2. The Morgan fingerprint density at radius 2 is 1.74 bits per heavy atom. The molecule has 0 atom stereocenters. The van der Waals surface area contributed by atoms with Crippen LogP contribution < -0.4 is 11.2 Å². The van der Waals surface area contributed by atoms with Gasteiger partial charge in [0.25, 0.3) is 11.2 Å². The number of ether oxygens (including phenoxy) is 1. The fraction of sp³-hybridized carbons (Fsp3) is 0.190. The summed E-state index contributed by atoms with van der Waals surface area (Å²) in [6.07, 6.45) is 0. The lowest BCUT2D eigenvalue weighted by atomic mass is 10.2. The summed E-state index contributed by atoms with van der Waals surface area (Å²) in [6.45, 7) is 1.62. The van der Waals surface area contributed by atoms with Crippen LogP contribution in [0.1, 0.15) is 21.6 Å². The van der Waals surface area contributed by atoms with Crippen LogP contribution in [0.25, 0.3) is 0 Å². The molecular formula is C21H19N3O6S. The molecule has 0 fully saturated rings. The molecule has 10 heteroatoms. The fourth-order valence-corrected chi connectivity index (χ4v) is 3.65. The van der Waals surface area contributed by atoms with Gasteiger partial charge in [0.05, 0.1) is 21.1 Å². The second-order valence-electron chi connectivity index (χ2n) is 6.81. The third-order valence-corrected chi connectivity index (χ3v) is 5.69. The number of nitrogens with zero attached hydrogens (tertiary/aromatic N) is 3. The van der Waals surface area contributed by atoms with Gasteiger partial charge < -0.3 is 4.74 Å². The predicted molar refractivity (Wildman–Crippen MR) is 114 cm³/mol. The summed E-state index contributed by atoms with van der Waals surface area (Å²) >= 11 is 1.22. The van der Waals surface area contributed by atoms with Crippen LogP contribution in [0.4, 0.5) is 5.69 Å². The molecule has 160 valence electrons. The van der Waals surface area contributed by atoms with Gasteiger partial charge in [-0.1, -0.05) is 29.5 Å². The third-order valence-electron chi connectivity index (χ3n) is 4.62. The molecule has 0 bridgehead atoms. The van der Waals surface area contributed by atoms with Crippen molar-refractivity contribution in [2.75, 3.05) is 0 Å². The number of nitro benzene ring substituents is 1. The molecule has 2 aromatic carbocycles. The van der Waals surface area contributed by atoms with Gasteiger partial charge in [-0.3, -0.25) is 24.0 Å². The molecule has 0 radical (unpaired) electrons. The lowest BCUT2D eigenvalue weighted by molar-refractivity contribution is -0.387. The Hall–Kier alpha value is -3.66. The van der Waals surface area contributed by atoms with Crippen molar-refractivity contribution in [1.82, 2.24) is 9.13 Å². The van der Waals surface area contributed by atoms with Gasteiger partial charge in [0, 0.05) is 31.1 Å². The van der Waals surface area contributed by atoms with Crippen LogP contribution in [0, 0.1) is 17.0 Å². The smallest absolute Gasteiger partial charge is 0.338 e. The van der Waals surface area contributed by atoms with E-state index in [1.807, 2.05) is 31.2 Å². The molecule has 0 aliphatic rings. The molecule has 9 nitrogen and oxygen atoms in total. The highest BCUT2D eigenvalue weighted by Gasteiger charge is 2.20. The zero-order chi connectivity index (χ0) is 22.7. The van der Waals surface area contributed by atoms with E-state index in [0.717, 1.165) is 21.1 Å². The van der Waals surface area contributed by atoms with E-state index in [9.17, 15) is 24.5 Å². The molecule has 0 amide bonds. The second-order valence-corrected chi connectivity index (χ2v) is 7.92. The molecular weight excluding hydrogens is 422 g/mol. The summed E-state index contributed by atoms with van der Waals surface area (Å²) < 4.78 is 7.30. The number of benzene rings is 2. The maximum Gasteiger partial charge on any atom is 0.338 e. The Bertz CT molecular complexity index is 1280. The number of hydrogen-bond acceptors (Lipinski definition) is 7. The Balaban J connectivity index is 1.81. The number of carbonyl (C=O) groups excluding carboxylic acids is 1. The van der Waals surface area contributed by atoms with Crippen LogP contribution in [0.15, 0.2) is 67.9 Å². The van der Waals surface area contributed by atoms with Gasteiger partial charge in [-0.15, -0.1) is 0 Å². The lowest BCUT2D eigenvalue weighted by Gasteiger charge is -2.10. The average Bonchev–Trinajstić information content (AvgIpc) is 2.75.